The van der Waals surface area contributed by atoms with Crippen molar-refractivity contribution in [1.29, 1.82) is 0 Å². The van der Waals surface area contributed by atoms with Gasteiger partial charge in [0.05, 0.1) is 29.0 Å². The van der Waals surface area contributed by atoms with E-state index in [1.165, 1.54) is 17.7 Å². The van der Waals surface area contributed by atoms with Gasteiger partial charge in [-0.3, -0.25) is 24.5 Å². The minimum absolute atomic E-state index is 0.0854. The average molecular weight is 505 g/mol. The molecule has 0 bridgehead atoms. The van der Waals surface area contributed by atoms with Gasteiger partial charge in [-0.25, -0.2) is 4.98 Å². The van der Waals surface area contributed by atoms with E-state index >= 15 is 0 Å². The van der Waals surface area contributed by atoms with Crippen molar-refractivity contribution < 1.29 is 9.66 Å². The first-order valence-corrected chi connectivity index (χ1v) is 11.5. The minimum Gasteiger partial charge on any atom is -0.494 e. The predicted molar refractivity (Wildman–Crippen MR) is 143 cm³/mol. The van der Waals surface area contributed by atoms with Gasteiger partial charge in [0.15, 0.2) is 0 Å². The van der Waals surface area contributed by atoms with E-state index < -0.39 is 4.92 Å². The Morgan fingerprint density at radius 3 is 2.57 bits per heavy atom. The van der Waals surface area contributed by atoms with Gasteiger partial charge in [0.25, 0.3) is 11.2 Å². The number of likely N-dealkylation sites (N-methyl/N-ethyl adjacent to an activating group) is 2. The van der Waals surface area contributed by atoms with E-state index in [0.717, 1.165) is 6.54 Å². The summed E-state index contributed by atoms with van der Waals surface area (Å²) in [6.07, 6.45) is 3.21. The molecule has 192 valence electrons. The first kappa shape index (κ1) is 25.5. The number of nitro groups is 1. The molecule has 0 aliphatic rings. The number of anilines is 3. The number of rotatable bonds is 9. The molecule has 3 aromatic heterocycles. The van der Waals surface area contributed by atoms with Crippen LogP contribution in [0.1, 0.15) is 0 Å². The number of ether oxygens (including phenoxy) is 1. The molecule has 0 amide bonds. The molecular formula is C25H28N8O4. The lowest BCUT2D eigenvalue weighted by molar-refractivity contribution is -0.384. The van der Waals surface area contributed by atoms with Crippen molar-refractivity contribution in [3.05, 3.63) is 69.3 Å². The summed E-state index contributed by atoms with van der Waals surface area (Å²) in [6, 6.07) is 10.1. The van der Waals surface area contributed by atoms with E-state index in [2.05, 4.69) is 20.3 Å². The zero-order chi connectivity index (χ0) is 26.7. The van der Waals surface area contributed by atoms with Gasteiger partial charge in [-0.05, 0) is 32.3 Å². The van der Waals surface area contributed by atoms with Crippen LogP contribution in [0.2, 0.25) is 0 Å². The molecule has 0 saturated carbocycles. The molecular weight excluding hydrogens is 476 g/mol. The normalized spacial score (nSPS) is 11.1. The van der Waals surface area contributed by atoms with Crippen LogP contribution in [0.4, 0.5) is 23.0 Å². The first-order valence-electron chi connectivity index (χ1n) is 11.5. The van der Waals surface area contributed by atoms with E-state index in [9.17, 15) is 14.9 Å². The Balaban J connectivity index is 1.73. The number of nitrogens with one attached hydrogen (secondary N) is 1. The van der Waals surface area contributed by atoms with E-state index in [4.69, 9.17) is 4.74 Å². The number of hydrogen-bond donors (Lipinski definition) is 1. The maximum atomic E-state index is 13.0. The van der Waals surface area contributed by atoms with Gasteiger partial charge < -0.3 is 19.9 Å². The van der Waals surface area contributed by atoms with Crippen molar-refractivity contribution in [2.45, 2.75) is 0 Å². The highest BCUT2D eigenvalue weighted by atomic mass is 16.6. The smallest absolute Gasteiger partial charge is 0.294 e. The number of benzene rings is 1. The number of pyridine rings is 2. The number of hydrogen-bond acceptors (Lipinski definition) is 10. The van der Waals surface area contributed by atoms with E-state index in [1.54, 1.807) is 50.8 Å². The SMILES string of the molecule is COc1cc(N(C)CCN(C)C)c([N+](=O)[O-])cc1Nc1ncc2cc(-c3ccccn3)c(=O)n(C)c2n1. The molecule has 4 aromatic rings. The highest BCUT2D eigenvalue weighted by Crippen LogP contribution is 2.39. The fourth-order valence-corrected chi connectivity index (χ4v) is 3.88. The summed E-state index contributed by atoms with van der Waals surface area (Å²) in [6.45, 7) is 1.31. The van der Waals surface area contributed by atoms with Crippen LogP contribution < -0.4 is 20.5 Å². The maximum Gasteiger partial charge on any atom is 0.294 e. The van der Waals surface area contributed by atoms with Crippen molar-refractivity contribution in [3.8, 4) is 17.0 Å². The highest BCUT2D eigenvalue weighted by molar-refractivity contribution is 5.82. The second-order valence-electron chi connectivity index (χ2n) is 8.76. The molecule has 4 rings (SSSR count). The average Bonchev–Trinajstić information content (AvgIpc) is 2.89. The molecule has 0 fully saturated rings. The molecule has 0 radical (unpaired) electrons. The van der Waals surface area contributed by atoms with Crippen LogP contribution in [0.3, 0.4) is 0 Å². The summed E-state index contributed by atoms with van der Waals surface area (Å²) in [7, 11) is 8.78. The molecule has 0 saturated heterocycles. The minimum atomic E-state index is -0.434. The summed E-state index contributed by atoms with van der Waals surface area (Å²) in [5.41, 5.74) is 1.81. The quantitative estimate of drug-likeness (QED) is 0.268. The molecule has 0 atom stereocenters. The van der Waals surface area contributed by atoms with Crippen LogP contribution in [0.25, 0.3) is 22.3 Å². The van der Waals surface area contributed by atoms with Gasteiger partial charge in [0.1, 0.15) is 17.1 Å². The van der Waals surface area contributed by atoms with E-state index in [-0.39, 0.29) is 17.2 Å². The molecule has 0 aliphatic carbocycles. The first-order chi connectivity index (χ1) is 17.7. The fourth-order valence-electron chi connectivity index (χ4n) is 3.88. The molecule has 0 aliphatic heterocycles. The highest BCUT2D eigenvalue weighted by Gasteiger charge is 2.22. The number of fused-ring (bicyclic) bond motifs is 1. The van der Waals surface area contributed by atoms with Crippen molar-refractivity contribution in [1.82, 2.24) is 24.4 Å². The number of aromatic nitrogens is 4. The zero-order valence-corrected chi connectivity index (χ0v) is 21.3. The van der Waals surface area contributed by atoms with Crippen LogP contribution in [0.5, 0.6) is 5.75 Å². The van der Waals surface area contributed by atoms with Crippen LogP contribution >= 0.6 is 0 Å². The second-order valence-corrected chi connectivity index (χ2v) is 8.76. The predicted octanol–water partition coefficient (Wildman–Crippen LogP) is 3.05. The number of nitrogens with zero attached hydrogens (tertiary/aromatic N) is 7. The lowest BCUT2D eigenvalue weighted by atomic mass is 10.1. The Bertz CT molecular complexity index is 1500. The molecule has 12 nitrogen and oxygen atoms in total. The Labute approximate surface area is 213 Å². The van der Waals surface area contributed by atoms with Crippen molar-refractivity contribution in [2.75, 3.05) is 51.6 Å². The molecule has 12 heteroatoms. The Morgan fingerprint density at radius 2 is 1.92 bits per heavy atom. The van der Waals surface area contributed by atoms with Crippen LogP contribution in [-0.2, 0) is 7.05 Å². The lowest BCUT2D eigenvalue weighted by Crippen LogP contribution is -2.29. The summed E-state index contributed by atoms with van der Waals surface area (Å²) in [5, 5.41) is 15.6. The van der Waals surface area contributed by atoms with Gasteiger partial charge in [-0.15, -0.1) is 0 Å². The van der Waals surface area contributed by atoms with Gasteiger partial charge in [0.2, 0.25) is 5.95 Å². The third-order valence-corrected chi connectivity index (χ3v) is 5.92. The van der Waals surface area contributed by atoms with Gasteiger partial charge in [0, 0.05) is 57.1 Å². The second kappa shape index (κ2) is 10.6. The molecule has 37 heavy (non-hydrogen) atoms. The third kappa shape index (κ3) is 5.33. The third-order valence-electron chi connectivity index (χ3n) is 5.92. The van der Waals surface area contributed by atoms with Crippen LogP contribution in [0.15, 0.2) is 53.6 Å². The Morgan fingerprint density at radius 1 is 1.14 bits per heavy atom. The Hall–Kier alpha value is -4.58. The van der Waals surface area contributed by atoms with Crippen molar-refractivity contribution in [3.63, 3.8) is 0 Å². The molecule has 1 aromatic carbocycles. The molecule has 0 unspecified atom stereocenters. The summed E-state index contributed by atoms with van der Waals surface area (Å²) in [5.74, 6) is 0.551. The maximum absolute atomic E-state index is 13.0. The molecule has 0 spiro atoms. The van der Waals surface area contributed by atoms with E-state index in [0.29, 0.717) is 46.0 Å². The largest absolute Gasteiger partial charge is 0.494 e. The van der Waals surface area contributed by atoms with Gasteiger partial charge in [-0.1, -0.05) is 6.07 Å². The number of aryl methyl sites for hydroxylation is 1. The molecule has 3 heterocycles. The van der Waals surface area contributed by atoms with Gasteiger partial charge in [-0.2, -0.15) is 4.98 Å². The van der Waals surface area contributed by atoms with Crippen LogP contribution in [0, 0.1) is 10.1 Å². The lowest BCUT2D eigenvalue weighted by Gasteiger charge is -2.22. The van der Waals surface area contributed by atoms with Crippen molar-refractivity contribution >= 4 is 34.0 Å². The van der Waals surface area contributed by atoms with Gasteiger partial charge >= 0.3 is 0 Å². The molecule has 1 N–H and O–H groups in total. The monoisotopic (exact) mass is 504 g/mol. The Kier molecular flexibility index (Phi) is 7.30. The number of nitro benzene ring substituents is 1. The zero-order valence-electron chi connectivity index (χ0n) is 21.3. The summed E-state index contributed by atoms with van der Waals surface area (Å²) < 4.78 is 6.95. The van der Waals surface area contributed by atoms with Crippen LogP contribution in [-0.4, -0.2) is 70.7 Å². The topological polar surface area (TPSA) is 132 Å². The van der Waals surface area contributed by atoms with Crippen molar-refractivity contribution in [2.24, 2.45) is 7.05 Å². The van der Waals surface area contributed by atoms with E-state index in [1.807, 2.05) is 30.0 Å². The summed E-state index contributed by atoms with van der Waals surface area (Å²) >= 11 is 0. The standard InChI is InChI=1S/C25H28N8O4/c1-30(2)10-11-31(3)20-14-22(37-5)19(13-21(20)33(35)36)28-25-27-15-16-12-17(18-8-6-7-9-26-18)24(34)32(4)23(16)29-25/h6-9,12-15H,10-11H2,1-5H3,(H,27,28,29). The number of methoxy groups -OCH3 is 1. The summed E-state index contributed by atoms with van der Waals surface area (Å²) in [4.78, 5) is 41.4. The fraction of sp³-hybridized carbons (Fsp3) is 0.280.